The number of phosphoric acid groups is 2. The zero-order valence-corrected chi connectivity index (χ0v) is 56.6. The predicted octanol–water partition coefficient (Wildman–Crippen LogP) is 18.4. The zero-order chi connectivity index (χ0) is 65.3. The van der Waals surface area contributed by atoms with Gasteiger partial charge in [0.25, 0.3) is 0 Å². The van der Waals surface area contributed by atoms with E-state index in [4.69, 9.17) is 32.3 Å². The van der Waals surface area contributed by atoms with E-state index in [-0.39, 0.29) is 19.3 Å². The van der Waals surface area contributed by atoms with Crippen molar-refractivity contribution in [3.8, 4) is 0 Å². The topological polar surface area (TPSA) is 231 Å². The van der Waals surface area contributed by atoms with Crippen LogP contribution < -0.4 is 0 Å². The predicted molar refractivity (Wildman–Crippen MR) is 362 cm³/mol. The molecule has 0 spiro atoms. The molecule has 0 aliphatic rings. The number of allylic oxidation sites excluding steroid dienone is 22. The van der Waals surface area contributed by atoms with Crippen LogP contribution >= 0.6 is 15.6 Å². The van der Waals surface area contributed by atoms with Gasteiger partial charge in [-0.2, -0.15) is 0 Å². The molecule has 0 aliphatic carbocycles. The van der Waals surface area contributed by atoms with Gasteiger partial charge in [-0.05, 0) is 128 Å². The lowest BCUT2D eigenvalue weighted by Crippen LogP contribution is -2.30. The molecule has 4 N–H and O–H groups in total. The second-order valence-corrected chi connectivity index (χ2v) is 24.7. The smallest absolute Gasteiger partial charge is 0.463 e. The van der Waals surface area contributed by atoms with E-state index in [2.05, 4.69) is 154 Å². The second-order valence-electron chi connectivity index (χ2n) is 21.8. The normalized spacial score (nSPS) is 15.1. The standard InChI is InChI=1S/C71H118O16P2/c1-4-7-10-13-16-19-22-25-28-29-30-31-32-33-34-35-38-40-42-45-48-51-54-57-69(74)81-60-66(72)61-83-88(77,78)84-62-67(73)63-85-89(79,80)86-65-68(87-71(76)59-56-53-50-47-44-41-37-27-24-21-18-15-12-9-6-3)64-82-70(75)58-55-52-49-46-43-39-36-26-23-20-17-14-11-8-5-2/h7-12,16-21,25-28,30-31,33-34,36-37,66-68,72-73H,4-6,13-15,22-24,29,32,35,38-65H2,1-3H3,(H,77,78)(H,79,80)/b10-7-,11-8-,12-9-,19-16-,20-17-,21-18-,28-25-,31-30-,34-33-,36-26-,37-27-. The first-order valence-electron chi connectivity index (χ1n) is 33.5. The van der Waals surface area contributed by atoms with Crippen molar-refractivity contribution in [1.82, 2.24) is 0 Å². The van der Waals surface area contributed by atoms with Crippen molar-refractivity contribution in [1.29, 1.82) is 0 Å². The molecule has 0 aromatic heterocycles. The summed E-state index contributed by atoms with van der Waals surface area (Å²) in [6, 6.07) is 0. The van der Waals surface area contributed by atoms with Gasteiger partial charge in [-0.25, -0.2) is 9.13 Å². The van der Waals surface area contributed by atoms with Gasteiger partial charge in [-0.1, -0.05) is 225 Å². The highest BCUT2D eigenvalue weighted by Gasteiger charge is 2.29. The van der Waals surface area contributed by atoms with E-state index in [0.717, 1.165) is 180 Å². The first-order valence-corrected chi connectivity index (χ1v) is 36.5. The van der Waals surface area contributed by atoms with E-state index in [1.54, 1.807) is 0 Å². The minimum Gasteiger partial charge on any atom is -0.463 e. The number of hydrogen-bond donors (Lipinski definition) is 4. The minimum atomic E-state index is -4.94. The Hall–Kier alpha value is -4.31. The lowest BCUT2D eigenvalue weighted by Gasteiger charge is -2.21. The molecule has 0 aromatic rings. The van der Waals surface area contributed by atoms with Crippen molar-refractivity contribution in [3.63, 3.8) is 0 Å². The zero-order valence-electron chi connectivity index (χ0n) is 54.8. The highest BCUT2D eigenvalue weighted by molar-refractivity contribution is 7.47. The summed E-state index contributed by atoms with van der Waals surface area (Å²) in [4.78, 5) is 58.3. The highest BCUT2D eigenvalue weighted by Crippen LogP contribution is 2.45. The Kier molecular flexibility index (Phi) is 60.7. The van der Waals surface area contributed by atoms with Gasteiger partial charge in [0.15, 0.2) is 6.10 Å². The van der Waals surface area contributed by atoms with Gasteiger partial charge in [-0.15, -0.1) is 0 Å². The number of aliphatic hydroxyl groups excluding tert-OH is 2. The Bertz CT molecular complexity index is 2160. The Morgan fingerprint density at radius 2 is 0.562 bits per heavy atom. The van der Waals surface area contributed by atoms with Gasteiger partial charge in [0.2, 0.25) is 0 Å². The largest absolute Gasteiger partial charge is 0.472 e. The van der Waals surface area contributed by atoms with Gasteiger partial charge in [0.1, 0.15) is 25.4 Å². The van der Waals surface area contributed by atoms with Crippen molar-refractivity contribution in [2.24, 2.45) is 0 Å². The maximum Gasteiger partial charge on any atom is 0.472 e. The van der Waals surface area contributed by atoms with Crippen LogP contribution in [0.15, 0.2) is 134 Å². The molecule has 5 unspecified atom stereocenters. The Morgan fingerprint density at radius 3 is 0.888 bits per heavy atom. The maximum absolute atomic E-state index is 12.9. The molecule has 89 heavy (non-hydrogen) atoms. The van der Waals surface area contributed by atoms with E-state index in [1.165, 1.54) is 0 Å². The van der Waals surface area contributed by atoms with Crippen molar-refractivity contribution < 1.29 is 75.8 Å². The van der Waals surface area contributed by atoms with E-state index in [9.17, 15) is 43.5 Å². The molecule has 0 bridgehead atoms. The molecule has 0 aliphatic heterocycles. The molecule has 0 saturated heterocycles. The summed E-state index contributed by atoms with van der Waals surface area (Å²) in [5.74, 6) is -1.63. The van der Waals surface area contributed by atoms with Crippen LogP contribution in [0.4, 0.5) is 0 Å². The molecule has 0 amide bonds. The van der Waals surface area contributed by atoms with E-state index in [1.807, 2.05) is 0 Å². The van der Waals surface area contributed by atoms with E-state index in [0.29, 0.717) is 19.3 Å². The van der Waals surface area contributed by atoms with Crippen LogP contribution in [-0.2, 0) is 55.8 Å². The van der Waals surface area contributed by atoms with Crippen molar-refractivity contribution in [3.05, 3.63) is 134 Å². The minimum absolute atomic E-state index is 0.0772. The first kappa shape index (κ1) is 84.7. The number of hydrogen-bond acceptors (Lipinski definition) is 14. The van der Waals surface area contributed by atoms with Gasteiger partial charge >= 0.3 is 33.6 Å². The van der Waals surface area contributed by atoms with Gasteiger partial charge < -0.3 is 34.2 Å². The van der Waals surface area contributed by atoms with Crippen molar-refractivity contribution in [2.45, 2.75) is 257 Å². The van der Waals surface area contributed by atoms with Gasteiger partial charge in [0, 0.05) is 19.3 Å². The number of ether oxygens (including phenoxy) is 3. The Balaban J connectivity index is 4.64. The average molecular weight is 1290 g/mol. The second kappa shape index (κ2) is 63.8. The summed E-state index contributed by atoms with van der Waals surface area (Å²) in [7, 11) is -9.79. The molecule has 5 atom stereocenters. The summed E-state index contributed by atoms with van der Waals surface area (Å²) in [5, 5.41) is 20.5. The third kappa shape index (κ3) is 65.0. The third-order valence-corrected chi connectivity index (χ3v) is 15.3. The number of phosphoric ester groups is 2. The Labute approximate surface area is 537 Å². The summed E-state index contributed by atoms with van der Waals surface area (Å²) in [6.07, 6.45) is 73.6. The maximum atomic E-state index is 12.9. The molecule has 0 heterocycles. The molecule has 0 saturated carbocycles. The molecular weight excluding hydrogens is 1170 g/mol. The van der Waals surface area contributed by atoms with Gasteiger partial charge in [-0.3, -0.25) is 32.5 Å². The highest BCUT2D eigenvalue weighted by atomic mass is 31.2. The summed E-state index contributed by atoms with van der Waals surface area (Å²) in [6.45, 7) is 2.25. The van der Waals surface area contributed by atoms with Crippen LogP contribution in [0.3, 0.4) is 0 Å². The molecule has 0 radical (unpaired) electrons. The quantitative estimate of drug-likeness (QED) is 0.0146. The SMILES string of the molecule is CC/C=C\C/C=C\C/C=C\C/C=C\C/C=C\CCCCCCCCCC(=O)OCC(O)COP(=O)(O)OCC(O)COP(=O)(O)OCC(COC(=O)CCCCCCC/C=C\C/C=C\C/C=C\CC)OC(=O)CCCCCCC/C=C\C/C=C\C/C=C\CC. The summed E-state index contributed by atoms with van der Waals surface area (Å²) < 4.78 is 60.8. The molecular formula is C71H118O16P2. The number of aliphatic hydroxyl groups is 2. The monoisotopic (exact) mass is 1290 g/mol. The molecule has 0 fully saturated rings. The fraction of sp³-hybridized carbons (Fsp3) is 0.648. The van der Waals surface area contributed by atoms with E-state index >= 15 is 0 Å². The van der Waals surface area contributed by atoms with Crippen LogP contribution in [0.25, 0.3) is 0 Å². The lowest BCUT2D eigenvalue weighted by atomic mass is 10.1. The van der Waals surface area contributed by atoms with Crippen LogP contribution in [-0.4, -0.2) is 95.9 Å². The number of carbonyl (C=O) groups is 3. The number of esters is 3. The Morgan fingerprint density at radius 1 is 0.315 bits per heavy atom. The number of unbranched alkanes of at least 4 members (excludes halogenated alkanes) is 17. The van der Waals surface area contributed by atoms with Gasteiger partial charge in [0.05, 0.1) is 26.4 Å². The van der Waals surface area contributed by atoms with Crippen molar-refractivity contribution >= 4 is 33.6 Å². The van der Waals surface area contributed by atoms with Crippen molar-refractivity contribution in [2.75, 3.05) is 39.6 Å². The molecule has 16 nitrogen and oxygen atoms in total. The molecule has 0 aromatic carbocycles. The third-order valence-electron chi connectivity index (χ3n) is 13.4. The fourth-order valence-corrected chi connectivity index (χ4v) is 9.92. The van der Waals surface area contributed by atoms with E-state index < -0.39 is 91.5 Å². The number of carbonyl (C=O) groups excluding carboxylic acids is 3. The summed E-state index contributed by atoms with van der Waals surface area (Å²) >= 11 is 0. The van der Waals surface area contributed by atoms with Crippen LogP contribution in [0.2, 0.25) is 0 Å². The summed E-state index contributed by atoms with van der Waals surface area (Å²) in [5.41, 5.74) is 0. The molecule has 508 valence electrons. The first-order chi connectivity index (χ1) is 43.2. The fourth-order valence-electron chi connectivity index (χ4n) is 8.33. The van der Waals surface area contributed by atoms with Crippen LogP contribution in [0.5, 0.6) is 0 Å². The molecule has 0 rings (SSSR count). The molecule has 18 heteroatoms. The van der Waals surface area contributed by atoms with Crippen LogP contribution in [0.1, 0.15) is 239 Å². The lowest BCUT2D eigenvalue weighted by molar-refractivity contribution is -0.161. The van der Waals surface area contributed by atoms with Crippen LogP contribution in [0, 0.1) is 0 Å². The number of rotatable bonds is 62. The average Bonchev–Trinajstić information content (AvgIpc) is 3.65.